The predicted molar refractivity (Wildman–Crippen MR) is 106 cm³/mol. The number of nitrogens with one attached hydrogen (secondary N) is 2. The molecule has 3 aromatic rings. The number of rotatable bonds is 7. The van der Waals surface area contributed by atoms with Crippen molar-refractivity contribution in [1.29, 1.82) is 5.26 Å². The van der Waals surface area contributed by atoms with Crippen molar-refractivity contribution >= 4 is 17.4 Å². The van der Waals surface area contributed by atoms with Crippen molar-refractivity contribution in [2.24, 2.45) is 0 Å². The minimum Gasteiger partial charge on any atom is -0.497 e. The second-order valence-corrected chi connectivity index (χ2v) is 5.96. The number of nitriles is 1. The number of hydrogen-bond acceptors (Lipinski definition) is 6. The summed E-state index contributed by atoms with van der Waals surface area (Å²) in [6.45, 7) is 0.498. The highest BCUT2D eigenvalue weighted by Gasteiger charge is 2.08. The van der Waals surface area contributed by atoms with E-state index in [2.05, 4.69) is 26.7 Å². The van der Waals surface area contributed by atoms with Crippen LogP contribution in [0.5, 0.6) is 5.75 Å². The van der Waals surface area contributed by atoms with Gasteiger partial charge >= 0.3 is 0 Å². The third-order valence-corrected chi connectivity index (χ3v) is 4.03. The van der Waals surface area contributed by atoms with Gasteiger partial charge < -0.3 is 15.4 Å². The molecule has 2 aromatic carbocycles. The maximum atomic E-state index is 12.2. The minimum atomic E-state index is -0.272. The Hall–Kier alpha value is -3.92. The lowest BCUT2D eigenvalue weighted by Crippen LogP contribution is -2.26. The van der Waals surface area contributed by atoms with Gasteiger partial charge in [0.05, 0.1) is 31.1 Å². The van der Waals surface area contributed by atoms with Gasteiger partial charge in [0.15, 0.2) is 0 Å². The van der Waals surface area contributed by atoms with Gasteiger partial charge in [0.2, 0.25) is 0 Å². The molecule has 0 aliphatic rings. The molecule has 0 radical (unpaired) electrons. The molecule has 0 fully saturated rings. The number of aromatic nitrogens is 2. The van der Waals surface area contributed by atoms with E-state index in [1.54, 1.807) is 31.4 Å². The predicted octanol–water partition coefficient (Wildman–Crippen LogP) is 3.07. The third-order valence-electron chi connectivity index (χ3n) is 4.03. The van der Waals surface area contributed by atoms with Crippen LogP contribution in [0, 0.1) is 11.3 Å². The van der Waals surface area contributed by atoms with Crippen LogP contribution in [-0.4, -0.2) is 29.5 Å². The molecular formula is C21H19N5O2. The zero-order valence-electron chi connectivity index (χ0n) is 15.3. The molecule has 0 saturated heterocycles. The number of ether oxygens (including phenoxy) is 1. The summed E-state index contributed by atoms with van der Waals surface area (Å²) >= 11 is 0. The average molecular weight is 373 g/mol. The lowest BCUT2D eigenvalue weighted by Gasteiger charge is -2.07. The van der Waals surface area contributed by atoms with Crippen molar-refractivity contribution in [2.45, 2.75) is 6.42 Å². The second kappa shape index (κ2) is 9.14. The topological polar surface area (TPSA) is 99.9 Å². The van der Waals surface area contributed by atoms with E-state index in [-0.39, 0.29) is 11.6 Å². The Kier molecular flexibility index (Phi) is 6.16. The van der Waals surface area contributed by atoms with Crippen LogP contribution in [0.2, 0.25) is 0 Å². The van der Waals surface area contributed by atoms with Crippen LogP contribution < -0.4 is 15.4 Å². The van der Waals surface area contributed by atoms with E-state index in [9.17, 15) is 4.79 Å². The quantitative estimate of drug-likeness (QED) is 0.660. The fraction of sp³-hybridized carbons (Fsp3) is 0.143. The van der Waals surface area contributed by atoms with Gasteiger partial charge in [0.1, 0.15) is 17.3 Å². The monoisotopic (exact) mass is 373 g/mol. The number of anilines is 2. The van der Waals surface area contributed by atoms with Crippen molar-refractivity contribution in [1.82, 2.24) is 15.3 Å². The van der Waals surface area contributed by atoms with E-state index >= 15 is 0 Å². The lowest BCUT2D eigenvalue weighted by molar-refractivity contribution is 0.0949. The van der Waals surface area contributed by atoms with E-state index < -0.39 is 0 Å². The molecule has 2 N–H and O–H groups in total. The molecule has 1 heterocycles. The number of carbonyl (C=O) groups is 1. The average Bonchev–Trinajstić information content (AvgIpc) is 2.75. The molecule has 0 saturated carbocycles. The van der Waals surface area contributed by atoms with Crippen LogP contribution in [-0.2, 0) is 6.42 Å². The van der Waals surface area contributed by atoms with Crippen molar-refractivity contribution < 1.29 is 9.53 Å². The summed E-state index contributed by atoms with van der Waals surface area (Å²) in [5.41, 5.74) is 2.72. The summed E-state index contributed by atoms with van der Waals surface area (Å²) in [6, 6.07) is 16.8. The Balaban J connectivity index is 1.50. The number of hydrogen-bond donors (Lipinski definition) is 2. The zero-order valence-corrected chi connectivity index (χ0v) is 15.3. The van der Waals surface area contributed by atoms with Gasteiger partial charge in [-0.05, 0) is 48.4 Å². The number of methoxy groups -OCH3 is 1. The highest BCUT2D eigenvalue weighted by molar-refractivity contribution is 5.92. The first-order chi connectivity index (χ1) is 13.7. The van der Waals surface area contributed by atoms with Crippen LogP contribution in [0.1, 0.15) is 21.6 Å². The molecule has 7 nitrogen and oxygen atoms in total. The highest BCUT2D eigenvalue weighted by atomic mass is 16.5. The smallest absolute Gasteiger partial charge is 0.271 e. The van der Waals surface area contributed by atoms with E-state index in [0.717, 1.165) is 17.0 Å². The fourth-order valence-corrected chi connectivity index (χ4v) is 2.49. The Labute approximate surface area is 163 Å². The van der Waals surface area contributed by atoms with Crippen LogP contribution in [0.15, 0.2) is 60.9 Å². The van der Waals surface area contributed by atoms with Crippen molar-refractivity contribution in [3.05, 3.63) is 77.7 Å². The standard InChI is InChI=1S/C21H19N5O2/c1-28-18-8-4-15(5-9-18)10-11-23-21(27)19-13-25-20(14-24-19)26-17-6-2-16(12-22)3-7-17/h2-9,13-14H,10-11H2,1H3,(H,23,27)(H,25,26). The highest BCUT2D eigenvalue weighted by Crippen LogP contribution is 2.14. The molecule has 28 heavy (non-hydrogen) atoms. The molecule has 0 spiro atoms. The maximum absolute atomic E-state index is 12.2. The number of amides is 1. The van der Waals surface area contributed by atoms with Crippen LogP contribution in [0.4, 0.5) is 11.5 Å². The van der Waals surface area contributed by atoms with Gasteiger partial charge in [0, 0.05) is 12.2 Å². The molecule has 0 aliphatic carbocycles. The van der Waals surface area contributed by atoms with Crippen molar-refractivity contribution in [2.75, 3.05) is 19.0 Å². The third kappa shape index (κ3) is 5.05. The maximum Gasteiger partial charge on any atom is 0.271 e. The summed E-state index contributed by atoms with van der Waals surface area (Å²) in [5, 5.41) is 14.7. The summed E-state index contributed by atoms with van der Waals surface area (Å²) in [7, 11) is 1.63. The summed E-state index contributed by atoms with van der Waals surface area (Å²) in [5.74, 6) is 1.04. The first kappa shape index (κ1) is 18.9. The van der Waals surface area contributed by atoms with Gasteiger partial charge in [-0.15, -0.1) is 0 Å². The van der Waals surface area contributed by atoms with E-state index in [0.29, 0.717) is 24.3 Å². The number of carbonyl (C=O) groups excluding carboxylic acids is 1. The Bertz CT molecular complexity index is 962. The molecule has 1 aromatic heterocycles. The Morgan fingerprint density at radius 2 is 1.82 bits per heavy atom. The SMILES string of the molecule is COc1ccc(CCNC(=O)c2cnc(Nc3ccc(C#N)cc3)cn2)cc1. The molecule has 3 rings (SSSR count). The minimum absolute atomic E-state index is 0.250. The van der Waals surface area contributed by atoms with E-state index in [1.807, 2.05) is 24.3 Å². The molecule has 0 aliphatic heterocycles. The Morgan fingerprint density at radius 3 is 2.43 bits per heavy atom. The molecule has 140 valence electrons. The first-order valence-electron chi connectivity index (χ1n) is 8.68. The van der Waals surface area contributed by atoms with E-state index in [1.165, 1.54) is 12.4 Å². The molecule has 0 bridgehead atoms. The fourth-order valence-electron chi connectivity index (χ4n) is 2.49. The normalized spacial score (nSPS) is 10.0. The molecule has 7 heteroatoms. The first-order valence-corrected chi connectivity index (χ1v) is 8.68. The Morgan fingerprint density at radius 1 is 1.07 bits per heavy atom. The molecule has 1 amide bonds. The molecule has 0 unspecified atom stereocenters. The summed E-state index contributed by atoms with van der Waals surface area (Å²) in [6.07, 6.45) is 3.63. The van der Waals surface area contributed by atoms with E-state index in [4.69, 9.17) is 10.00 Å². The number of benzene rings is 2. The van der Waals surface area contributed by atoms with Crippen molar-refractivity contribution in [3.63, 3.8) is 0 Å². The van der Waals surface area contributed by atoms with Crippen LogP contribution in [0.3, 0.4) is 0 Å². The molecular weight excluding hydrogens is 354 g/mol. The van der Waals surface area contributed by atoms with Gasteiger partial charge in [-0.1, -0.05) is 12.1 Å². The van der Waals surface area contributed by atoms with Crippen molar-refractivity contribution in [3.8, 4) is 11.8 Å². The van der Waals surface area contributed by atoms with Crippen LogP contribution >= 0.6 is 0 Å². The summed E-state index contributed by atoms with van der Waals surface area (Å²) < 4.78 is 5.12. The van der Waals surface area contributed by atoms with Gasteiger partial charge in [-0.3, -0.25) is 4.79 Å². The van der Waals surface area contributed by atoms with Gasteiger partial charge in [0.25, 0.3) is 5.91 Å². The zero-order chi connectivity index (χ0) is 19.8. The number of nitrogens with zero attached hydrogens (tertiary/aromatic N) is 3. The largest absolute Gasteiger partial charge is 0.497 e. The second-order valence-electron chi connectivity index (χ2n) is 5.96. The van der Waals surface area contributed by atoms with Gasteiger partial charge in [-0.2, -0.15) is 5.26 Å². The van der Waals surface area contributed by atoms with Gasteiger partial charge in [-0.25, -0.2) is 9.97 Å². The lowest BCUT2D eigenvalue weighted by atomic mass is 10.1. The van der Waals surface area contributed by atoms with Crippen LogP contribution in [0.25, 0.3) is 0 Å². The summed E-state index contributed by atoms with van der Waals surface area (Å²) in [4.78, 5) is 20.6. The molecule has 0 atom stereocenters.